The minimum atomic E-state index is -3.81. The Bertz CT molecular complexity index is 1420. The van der Waals surface area contributed by atoms with Gasteiger partial charge in [0.15, 0.2) is 0 Å². The second-order valence-corrected chi connectivity index (χ2v) is 13.7. The largest absolute Gasteiger partial charge is 0.350 e. The van der Waals surface area contributed by atoms with E-state index >= 15 is 0 Å². The van der Waals surface area contributed by atoms with Gasteiger partial charge in [-0.05, 0) is 62.1 Å². The van der Waals surface area contributed by atoms with Crippen LogP contribution in [0.4, 0.5) is 5.69 Å². The molecule has 0 aromatic heterocycles. The second kappa shape index (κ2) is 13.5. The number of nitrogens with one attached hydrogen (secondary N) is 1. The summed E-state index contributed by atoms with van der Waals surface area (Å²) in [7, 11) is -3.81. The number of rotatable bonds is 11. The molecule has 1 N–H and O–H groups in total. The summed E-state index contributed by atoms with van der Waals surface area (Å²) in [4.78, 5) is 29.5. The predicted molar refractivity (Wildman–Crippen MR) is 165 cm³/mol. The van der Waals surface area contributed by atoms with Gasteiger partial charge in [0.25, 0.3) is 0 Å². The smallest absolute Gasteiger partial charge is 0.244 e. The van der Waals surface area contributed by atoms with Crippen LogP contribution >= 0.6 is 15.9 Å². The average molecular weight is 629 g/mol. The van der Waals surface area contributed by atoms with Gasteiger partial charge in [-0.2, -0.15) is 0 Å². The number of hydrogen-bond acceptors (Lipinski definition) is 4. The van der Waals surface area contributed by atoms with Gasteiger partial charge in [-0.3, -0.25) is 13.9 Å². The number of anilines is 1. The summed E-state index contributed by atoms with van der Waals surface area (Å²) in [6, 6.07) is 23.3. The van der Waals surface area contributed by atoms with E-state index in [1.54, 1.807) is 12.1 Å². The molecule has 0 aliphatic carbocycles. The molecule has 0 unspecified atom stereocenters. The number of aryl methyl sites for hydroxylation is 1. The van der Waals surface area contributed by atoms with Gasteiger partial charge in [-0.1, -0.05) is 83.5 Å². The Hall–Kier alpha value is -3.17. The van der Waals surface area contributed by atoms with E-state index in [0.717, 1.165) is 31.7 Å². The number of benzene rings is 3. The molecule has 0 spiro atoms. The number of halogens is 1. The Morgan fingerprint density at radius 3 is 2.15 bits per heavy atom. The molecule has 0 fully saturated rings. The van der Waals surface area contributed by atoms with E-state index in [-0.39, 0.29) is 18.9 Å². The monoisotopic (exact) mass is 627 g/mol. The van der Waals surface area contributed by atoms with Gasteiger partial charge < -0.3 is 10.2 Å². The molecular formula is C31H38BrN3O4S. The van der Waals surface area contributed by atoms with Crippen molar-refractivity contribution in [3.8, 4) is 0 Å². The van der Waals surface area contributed by atoms with Crippen molar-refractivity contribution in [2.75, 3.05) is 17.1 Å². The lowest BCUT2D eigenvalue weighted by Gasteiger charge is -2.35. The molecule has 0 bridgehead atoms. The first-order valence-corrected chi connectivity index (χ1v) is 15.9. The van der Waals surface area contributed by atoms with Crippen LogP contribution in [0.1, 0.15) is 44.4 Å². The van der Waals surface area contributed by atoms with Gasteiger partial charge in [0, 0.05) is 23.0 Å². The molecular weight excluding hydrogens is 590 g/mol. The molecule has 40 heavy (non-hydrogen) atoms. The molecule has 0 aliphatic heterocycles. The van der Waals surface area contributed by atoms with Gasteiger partial charge in [0.2, 0.25) is 21.8 Å². The second-order valence-electron chi connectivity index (χ2n) is 10.8. The van der Waals surface area contributed by atoms with Crippen molar-refractivity contribution in [2.45, 2.75) is 58.7 Å². The third-order valence-corrected chi connectivity index (χ3v) is 7.95. The highest BCUT2D eigenvalue weighted by molar-refractivity contribution is 9.10. The highest BCUT2D eigenvalue weighted by Crippen LogP contribution is 2.25. The van der Waals surface area contributed by atoms with E-state index in [9.17, 15) is 18.0 Å². The zero-order chi connectivity index (χ0) is 29.5. The molecule has 0 saturated heterocycles. The van der Waals surface area contributed by atoms with Gasteiger partial charge in [0.1, 0.15) is 12.6 Å². The van der Waals surface area contributed by atoms with E-state index in [1.807, 2.05) is 94.4 Å². The van der Waals surface area contributed by atoms with E-state index in [1.165, 1.54) is 4.90 Å². The molecule has 3 rings (SSSR count). The number of carbonyl (C=O) groups is 2. The molecule has 3 aromatic carbocycles. The Kier molecular flexibility index (Phi) is 10.6. The summed E-state index contributed by atoms with van der Waals surface area (Å²) in [5, 5.41) is 3.03. The van der Waals surface area contributed by atoms with Crippen LogP contribution in [-0.2, 0) is 39.0 Å². The quantitative estimate of drug-likeness (QED) is 0.311. The maximum Gasteiger partial charge on any atom is 0.244 e. The topological polar surface area (TPSA) is 86.8 Å². The fourth-order valence-corrected chi connectivity index (χ4v) is 5.81. The molecule has 0 radical (unpaired) electrons. The number of nitrogens with zero attached hydrogens (tertiary/aromatic N) is 2. The number of para-hydroxylation sites is 1. The van der Waals surface area contributed by atoms with Crippen LogP contribution in [-0.4, -0.2) is 49.5 Å². The zero-order valence-corrected chi connectivity index (χ0v) is 26.1. The summed E-state index contributed by atoms with van der Waals surface area (Å²) < 4.78 is 28.0. The van der Waals surface area contributed by atoms with Gasteiger partial charge in [-0.25, -0.2) is 8.42 Å². The van der Waals surface area contributed by atoms with E-state index in [4.69, 9.17) is 0 Å². The molecule has 214 valence electrons. The van der Waals surface area contributed by atoms with Crippen LogP contribution in [0.3, 0.4) is 0 Å². The van der Waals surface area contributed by atoms with Crippen molar-refractivity contribution in [1.82, 2.24) is 10.2 Å². The SMILES string of the molecule is CCc1ccccc1N(CC(=O)N(Cc1cccc(Br)c1)[C@H](Cc1ccccc1)C(=O)NC(C)(C)C)S(C)(=O)=O. The molecule has 3 aromatic rings. The van der Waals surface area contributed by atoms with E-state index in [0.29, 0.717) is 12.1 Å². The number of carbonyl (C=O) groups excluding carboxylic acids is 2. The first-order valence-electron chi connectivity index (χ1n) is 13.2. The minimum absolute atomic E-state index is 0.125. The molecule has 7 nitrogen and oxygen atoms in total. The Balaban J connectivity index is 2.10. The van der Waals surface area contributed by atoms with Crippen LogP contribution in [0.2, 0.25) is 0 Å². The van der Waals surface area contributed by atoms with Crippen molar-refractivity contribution in [1.29, 1.82) is 0 Å². The number of sulfonamides is 1. The lowest BCUT2D eigenvalue weighted by atomic mass is 10.0. The Labute approximate surface area is 246 Å². The van der Waals surface area contributed by atoms with Crippen LogP contribution in [0.25, 0.3) is 0 Å². The third-order valence-electron chi connectivity index (χ3n) is 6.33. The van der Waals surface area contributed by atoms with Crippen molar-refractivity contribution < 1.29 is 18.0 Å². The first-order chi connectivity index (χ1) is 18.8. The molecule has 0 aliphatic rings. The molecule has 0 heterocycles. The standard InChI is InChI=1S/C31H38BrN3O4S/c1-6-25-16-10-11-18-27(25)35(40(5,38)39)22-29(36)34(21-24-15-12-17-26(32)19-24)28(30(37)33-31(2,3)4)20-23-13-8-7-9-14-23/h7-19,28H,6,20-22H2,1-5H3,(H,33,37)/t28-/m1/s1. The van der Waals surface area contributed by atoms with Crippen molar-refractivity contribution in [3.05, 3.63) is 100 Å². The van der Waals surface area contributed by atoms with Crippen molar-refractivity contribution >= 4 is 43.5 Å². The third kappa shape index (κ3) is 8.93. The number of amides is 2. The maximum atomic E-state index is 14.2. The Morgan fingerprint density at radius 2 is 1.55 bits per heavy atom. The highest BCUT2D eigenvalue weighted by Gasteiger charge is 2.34. The maximum absolute atomic E-state index is 14.2. The molecule has 9 heteroatoms. The highest BCUT2D eigenvalue weighted by atomic mass is 79.9. The summed E-state index contributed by atoms with van der Waals surface area (Å²) in [5.74, 6) is -0.777. The van der Waals surface area contributed by atoms with Crippen LogP contribution in [0, 0.1) is 0 Å². The lowest BCUT2D eigenvalue weighted by Crippen LogP contribution is -2.56. The first kappa shape index (κ1) is 31.4. The van der Waals surface area contributed by atoms with E-state index < -0.39 is 34.1 Å². The van der Waals surface area contributed by atoms with Gasteiger partial charge in [0.05, 0.1) is 11.9 Å². The fraction of sp³-hybridized carbons (Fsp3) is 0.355. The van der Waals surface area contributed by atoms with Crippen molar-refractivity contribution in [2.24, 2.45) is 0 Å². The molecule has 0 saturated carbocycles. The lowest BCUT2D eigenvalue weighted by molar-refractivity contribution is -0.140. The van der Waals surface area contributed by atoms with Crippen LogP contribution in [0.5, 0.6) is 0 Å². The Morgan fingerprint density at radius 1 is 0.925 bits per heavy atom. The van der Waals surface area contributed by atoms with Crippen LogP contribution < -0.4 is 9.62 Å². The zero-order valence-electron chi connectivity index (χ0n) is 23.7. The summed E-state index contributed by atoms with van der Waals surface area (Å²) in [5.41, 5.74) is 2.44. The summed E-state index contributed by atoms with van der Waals surface area (Å²) in [6.45, 7) is 7.29. The van der Waals surface area contributed by atoms with Gasteiger partial charge >= 0.3 is 0 Å². The normalized spacial score (nSPS) is 12.4. The summed E-state index contributed by atoms with van der Waals surface area (Å²) >= 11 is 3.49. The molecule has 1 atom stereocenters. The number of hydrogen-bond donors (Lipinski definition) is 1. The van der Waals surface area contributed by atoms with E-state index in [2.05, 4.69) is 21.2 Å². The molecule has 2 amide bonds. The van der Waals surface area contributed by atoms with Gasteiger partial charge in [-0.15, -0.1) is 0 Å². The average Bonchev–Trinajstić information content (AvgIpc) is 2.88. The van der Waals surface area contributed by atoms with Crippen molar-refractivity contribution in [3.63, 3.8) is 0 Å². The predicted octanol–water partition coefficient (Wildman–Crippen LogP) is 5.33. The summed E-state index contributed by atoms with van der Waals surface area (Å²) in [6.07, 6.45) is 1.97. The van der Waals surface area contributed by atoms with Crippen LogP contribution in [0.15, 0.2) is 83.3 Å². The fourth-order valence-electron chi connectivity index (χ4n) is 4.49. The minimum Gasteiger partial charge on any atom is -0.350 e.